The Labute approximate surface area is 94.5 Å². The van der Waals surface area contributed by atoms with Crippen molar-refractivity contribution in [2.75, 3.05) is 0 Å². The highest BCUT2D eigenvalue weighted by molar-refractivity contribution is 6.00. The number of ketones is 1. The lowest BCUT2D eigenvalue weighted by Crippen LogP contribution is -2.25. The van der Waals surface area contributed by atoms with Gasteiger partial charge in [-0.2, -0.15) is 0 Å². The number of rotatable bonds is 3. The molecule has 3 heteroatoms. The second kappa shape index (κ2) is 4.32. The smallest absolute Gasteiger partial charge is 0.174 e. The molecule has 0 aliphatic heterocycles. The van der Waals surface area contributed by atoms with E-state index in [4.69, 9.17) is 0 Å². The molecule has 1 aromatic rings. The maximum atomic E-state index is 13.7. The minimum Gasteiger partial charge on any atom is -0.293 e. The molecule has 0 aliphatic rings. The first kappa shape index (κ1) is 12.8. The molecule has 0 aromatic heterocycles. The Bertz CT molecular complexity index is 422. The average molecular weight is 226 g/mol. The van der Waals surface area contributed by atoms with E-state index in [9.17, 15) is 13.6 Å². The van der Waals surface area contributed by atoms with Crippen molar-refractivity contribution in [2.24, 2.45) is 5.41 Å². The van der Waals surface area contributed by atoms with Crippen molar-refractivity contribution in [3.05, 3.63) is 34.9 Å². The maximum absolute atomic E-state index is 13.7. The number of carbonyl (C=O) groups is 1. The summed E-state index contributed by atoms with van der Waals surface area (Å²) in [6.07, 6.45) is 0.540. The van der Waals surface area contributed by atoms with Crippen LogP contribution in [0.4, 0.5) is 8.78 Å². The minimum absolute atomic E-state index is 0.289. The van der Waals surface area contributed by atoms with Crippen molar-refractivity contribution in [1.82, 2.24) is 0 Å². The Balaban J connectivity index is 3.34. The van der Waals surface area contributed by atoms with Gasteiger partial charge in [0.05, 0.1) is 5.56 Å². The third-order valence-electron chi connectivity index (χ3n) is 3.01. The van der Waals surface area contributed by atoms with Crippen molar-refractivity contribution in [1.29, 1.82) is 0 Å². The predicted molar refractivity (Wildman–Crippen MR) is 59.5 cm³/mol. The quantitative estimate of drug-likeness (QED) is 0.714. The van der Waals surface area contributed by atoms with E-state index in [1.807, 2.05) is 6.92 Å². The molecular formula is C13H16F2O. The molecule has 1 rings (SSSR count). The summed E-state index contributed by atoms with van der Waals surface area (Å²) >= 11 is 0. The fourth-order valence-corrected chi connectivity index (χ4v) is 1.36. The van der Waals surface area contributed by atoms with Gasteiger partial charge in [0.25, 0.3) is 0 Å². The molecule has 0 saturated carbocycles. The number of hydrogen-bond acceptors (Lipinski definition) is 1. The standard InChI is InChI=1S/C13H16F2O/c1-5-13(3,4)12(16)10-9(14)7-6-8(2)11(10)15/h6-7H,5H2,1-4H3. The molecular weight excluding hydrogens is 210 g/mol. The summed E-state index contributed by atoms with van der Waals surface area (Å²) in [6, 6.07) is 2.47. The van der Waals surface area contributed by atoms with Gasteiger partial charge >= 0.3 is 0 Å². The van der Waals surface area contributed by atoms with Crippen LogP contribution in [0.3, 0.4) is 0 Å². The molecule has 0 spiro atoms. The molecule has 16 heavy (non-hydrogen) atoms. The van der Waals surface area contributed by atoms with Crippen LogP contribution in [-0.4, -0.2) is 5.78 Å². The zero-order chi connectivity index (χ0) is 12.5. The topological polar surface area (TPSA) is 17.1 Å². The Morgan fingerprint density at radius 3 is 2.38 bits per heavy atom. The molecule has 0 aliphatic carbocycles. The van der Waals surface area contributed by atoms with E-state index < -0.39 is 28.4 Å². The highest BCUT2D eigenvalue weighted by Gasteiger charge is 2.31. The molecule has 0 N–H and O–H groups in total. The van der Waals surface area contributed by atoms with Crippen molar-refractivity contribution in [3.63, 3.8) is 0 Å². The Hall–Kier alpha value is -1.25. The molecule has 88 valence electrons. The van der Waals surface area contributed by atoms with Crippen molar-refractivity contribution >= 4 is 5.78 Å². The highest BCUT2D eigenvalue weighted by atomic mass is 19.1. The van der Waals surface area contributed by atoms with Crippen LogP contribution in [0.15, 0.2) is 12.1 Å². The van der Waals surface area contributed by atoms with Crippen LogP contribution in [0, 0.1) is 24.0 Å². The molecule has 0 fully saturated rings. The molecule has 0 radical (unpaired) electrons. The van der Waals surface area contributed by atoms with Gasteiger partial charge in [-0.25, -0.2) is 8.78 Å². The van der Waals surface area contributed by atoms with Gasteiger partial charge in [-0.05, 0) is 25.0 Å². The van der Waals surface area contributed by atoms with E-state index >= 15 is 0 Å². The monoisotopic (exact) mass is 226 g/mol. The van der Waals surface area contributed by atoms with Gasteiger partial charge < -0.3 is 0 Å². The summed E-state index contributed by atoms with van der Waals surface area (Å²) in [4.78, 5) is 12.0. The Morgan fingerprint density at radius 2 is 1.88 bits per heavy atom. The van der Waals surface area contributed by atoms with Crippen LogP contribution in [-0.2, 0) is 0 Å². The first-order chi connectivity index (χ1) is 7.31. The number of benzene rings is 1. The zero-order valence-corrected chi connectivity index (χ0v) is 10.0. The summed E-state index contributed by atoms with van der Waals surface area (Å²) in [7, 11) is 0. The third kappa shape index (κ3) is 2.13. The summed E-state index contributed by atoms with van der Waals surface area (Å²) in [5, 5.41) is 0. The summed E-state index contributed by atoms with van der Waals surface area (Å²) in [6.45, 7) is 6.72. The summed E-state index contributed by atoms with van der Waals surface area (Å²) in [5.74, 6) is -2.00. The molecule has 0 atom stereocenters. The lowest BCUT2D eigenvalue weighted by molar-refractivity contribution is 0.0823. The van der Waals surface area contributed by atoms with Gasteiger partial charge in [-0.3, -0.25) is 4.79 Å². The van der Waals surface area contributed by atoms with Crippen molar-refractivity contribution in [2.45, 2.75) is 34.1 Å². The van der Waals surface area contributed by atoms with Crippen LogP contribution >= 0.6 is 0 Å². The van der Waals surface area contributed by atoms with Crippen LogP contribution in [0.2, 0.25) is 0 Å². The first-order valence-electron chi connectivity index (χ1n) is 5.30. The molecule has 0 unspecified atom stereocenters. The SMILES string of the molecule is CCC(C)(C)C(=O)c1c(F)ccc(C)c1F. The van der Waals surface area contributed by atoms with Crippen LogP contribution in [0.25, 0.3) is 0 Å². The van der Waals surface area contributed by atoms with E-state index in [0.717, 1.165) is 6.07 Å². The van der Waals surface area contributed by atoms with Crippen molar-refractivity contribution < 1.29 is 13.6 Å². The van der Waals surface area contributed by atoms with Crippen LogP contribution < -0.4 is 0 Å². The van der Waals surface area contributed by atoms with Gasteiger partial charge in [0.1, 0.15) is 11.6 Å². The van der Waals surface area contributed by atoms with Gasteiger partial charge in [0, 0.05) is 5.41 Å². The number of halogens is 2. The second-order valence-electron chi connectivity index (χ2n) is 4.62. The fourth-order valence-electron chi connectivity index (χ4n) is 1.36. The van der Waals surface area contributed by atoms with Crippen LogP contribution in [0.1, 0.15) is 43.1 Å². The average Bonchev–Trinajstić information content (AvgIpc) is 2.24. The van der Waals surface area contributed by atoms with E-state index in [1.54, 1.807) is 13.8 Å². The van der Waals surface area contributed by atoms with E-state index in [0.29, 0.717) is 6.42 Å². The molecule has 1 aromatic carbocycles. The lowest BCUT2D eigenvalue weighted by atomic mass is 9.81. The minimum atomic E-state index is -0.783. The second-order valence-corrected chi connectivity index (χ2v) is 4.62. The maximum Gasteiger partial charge on any atom is 0.174 e. The van der Waals surface area contributed by atoms with Gasteiger partial charge in [-0.1, -0.05) is 26.8 Å². The fraction of sp³-hybridized carbons (Fsp3) is 0.462. The summed E-state index contributed by atoms with van der Waals surface area (Å²) < 4.78 is 27.2. The summed E-state index contributed by atoms with van der Waals surface area (Å²) in [5.41, 5.74) is -0.862. The highest BCUT2D eigenvalue weighted by Crippen LogP contribution is 2.29. The zero-order valence-electron chi connectivity index (χ0n) is 10.0. The lowest BCUT2D eigenvalue weighted by Gasteiger charge is -2.21. The molecule has 0 amide bonds. The van der Waals surface area contributed by atoms with E-state index in [2.05, 4.69) is 0 Å². The van der Waals surface area contributed by atoms with Gasteiger partial charge in [-0.15, -0.1) is 0 Å². The Kier molecular flexibility index (Phi) is 3.46. The number of hydrogen-bond donors (Lipinski definition) is 0. The van der Waals surface area contributed by atoms with E-state index in [1.165, 1.54) is 13.0 Å². The molecule has 0 heterocycles. The largest absolute Gasteiger partial charge is 0.293 e. The van der Waals surface area contributed by atoms with Crippen molar-refractivity contribution in [3.8, 4) is 0 Å². The van der Waals surface area contributed by atoms with Gasteiger partial charge in [0.2, 0.25) is 0 Å². The number of Topliss-reactive ketones (excluding diaryl/α,β-unsaturated/α-hetero) is 1. The van der Waals surface area contributed by atoms with E-state index in [-0.39, 0.29) is 5.56 Å². The van der Waals surface area contributed by atoms with Gasteiger partial charge in [0.15, 0.2) is 5.78 Å². The molecule has 1 nitrogen and oxygen atoms in total. The Morgan fingerprint density at radius 1 is 1.31 bits per heavy atom. The van der Waals surface area contributed by atoms with Crippen LogP contribution in [0.5, 0.6) is 0 Å². The number of aryl methyl sites for hydroxylation is 1. The molecule has 0 bridgehead atoms. The first-order valence-corrected chi connectivity index (χ1v) is 5.30. The molecule has 0 saturated heterocycles. The predicted octanol–water partition coefficient (Wildman–Crippen LogP) is 3.89. The normalized spacial score (nSPS) is 11.6. The third-order valence-corrected chi connectivity index (χ3v) is 3.01. The number of carbonyl (C=O) groups excluding carboxylic acids is 1.